The first-order chi connectivity index (χ1) is 9.25. The first kappa shape index (κ1) is 13.0. The molecule has 0 radical (unpaired) electrons. The summed E-state index contributed by atoms with van der Waals surface area (Å²) in [5, 5.41) is 0.527. The Bertz CT molecular complexity index is 709. The van der Waals surface area contributed by atoms with Gasteiger partial charge in [0.05, 0.1) is 5.02 Å². The van der Waals surface area contributed by atoms with Gasteiger partial charge in [-0.25, -0.2) is 0 Å². The van der Waals surface area contributed by atoms with Crippen molar-refractivity contribution in [1.82, 2.24) is 0 Å². The minimum atomic E-state index is -0.427. The van der Waals surface area contributed by atoms with Gasteiger partial charge in [0.1, 0.15) is 0 Å². The summed E-state index contributed by atoms with van der Waals surface area (Å²) >= 11 is 5.93. The summed E-state index contributed by atoms with van der Waals surface area (Å²) in [6.45, 7) is 0. The molecule has 90 valence electrons. The number of halogens is 1. The Morgan fingerprint density at radius 2 is 1.47 bits per heavy atom. The van der Waals surface area contributed by atoms with Crippen LogP contribution in [0.4, 0.5) is 0 Å². The third-order valence-corrected chi connectivity index (χ3v) is 2.61. The lowest BCUT2D eigenvalue weighted by Crippen LogP contribution is -1.87. The molecule has 19 heavy (non-hydrogen) atoms. The minimum absolute atomic E-state index is 0.427. The van der Waals surface area contributed by atoms with Gasteiger partial charge >= 0.3 is 0 Å². The summed E-state index contributed by atoms with van der Waals surface area (Å²) in [6, 6.07) is 16.4. The van der Waals surface area contributed by atoms with Gasteiger partial charge in [0.25, 0.3) is 5.78 Å². The van der Waals surface area contributed by atoms with Crippen molar-refractivity contribution in [2.24, 2.45) is 0 Å². The number of hydrogen-bond donors (Lipinski definition) is 0. The molecule has 1 nitrogen and oxygen atoms in total. The third-order valence-electron chi connectivity index (χ3n) is 2.28. The van der Waals surface area contributed by atoms with Crippen LogP contribution in [0.5, 0.6) is 0 Å². The molecule has 0 aromatic heterocycles. The molecule has 0 atom stereocenters. The Morgan fingerprint density at radius 1 is 0.842 bits per heavy atom. The molecular weight excluding hydrogens is 256 g/mol. The minimum Gasteiger partial charge on any atom is -0.270 e. The number of rotatable bonds is 0. The summed E-state index contributed by atoms with van der Waals surface area (Å²) < 4.78 is 0. The summed E-state index contributed by atoms with van der Waals surface area (Å²) in [4.78, 5) is 11.5. The summed E-state index contributed by atoms with van der Waals surface area (Å²) in [5.41, 5.74) is 1.41. The van der Waals surface area contributed by atoms with Crippen LogP contribution < -0.4 is 0 Å². The van der Waals surface area contributed by atoms with Gasteiger partial charge in [0.15, 0.2) is 0 Å². The molecule has 0 saturated carbocycles. The Labute approximate surface area is 117 Å². The maximum atomic E-state index is 11.5. The monoisotopic (exact) mass is 264 g/mol. The van der Waals surface area contributed by atoms with Gasteiger partial charge in [0.2, 0.25) is 0 Å². The highest BCUT2D eigenvalue weighted by Gasteiger charge is 1.94. The average Bonchev–Trinajstić information content (AvgIpc) is 2.45. The zero-order valence-corrected chi connectivity index (χ0v) is 10.7. The topological polar surface area (TPSA) is 17.1 Å². The molecule has 0 heterocycles. The second kappa shape index (κ2) is 6.45. The van der Waals surface area contributed by atoms with Crippen LogP contribution in [-0.4, -0.2) is 5.78 Å². The van der Waals surface area contributed by atoms with Crippen molar-refractivity contribution >= 4 is 17.4 Å². The van der Waals surface area contributed by atoms with E-state index in [1.165, 1.54) is 0 Å². The number of ketones is 1. The maximum absolute atomic E-state index is 11.5. The Morgan fingerprint density at radius 3 is 2.21 bits per heavy atom. The lowest BCUT2D eigenvalue weighted by molar-refractivity contribution is -0.108. The zero-order chi connectivity index (χ0) is 13.5. The van der Waals surface area contributed by atoms with Gasteiger partial charge in [0, 0.05) is 11.1 Å². The molecular formula is C17H9ClO. The van der Waals surface area contributed by atoms with Crippen molar-refractivity contribution in [3.63, 3.8) is 0 Å². The predicted molar refractivity (Wildman–Crippen MR) is 76.7 cm³/mol. The second-order valence-electron chi connectivity index (χ2n) is 3.67. The Balaban J connectivity index is 2.12. The lowest BCUT2D eigenvalue weighted by atomic mass is 10.2. The SMILES string of the molecule is O=C(C#Cc1ccccc1)C#Cc1ccccc1Cl. The fourth-order valence-electron chi connectivity index (χ4n) is 1.37. The van der Waals surface area contributed by atoms with Gasteiger partial charge in [-0.1, -0.05) is 53.8 Å². The molecule has 0 bridgehead atoms. The number of carbonyl (C=O) groups is 1. The van der Waals surface area contributed by atoms with Crippen LogP contribution in [0.15, 0.2) is 54.6 Å². The summed E-state index contributed by atoms with van der Waals surface area (Å²) in [6.07, 6.45) is 0. The molecule has 0 unspecified atom stereocenters. The molecule has 2 aromatic carbocycles. The molecule has 0 fully saturated rings. The van der Waals surface area contributed by atoms with E-state index in [4.69, 9.17) is 11.6 Å². The molecule has 0 spiro atoms. The van der Waals surface area contributed by atoms with E-state index < -0.39 is 5.78 Å². The molecule has 0 amide bonds. The van der Waals surface area contributed by atoms with Crippen molar-refractivity contribution < 1.29 is 4.79 Å². The van der Waals surface area contributed by atoms with Crippen molar-refractivity contribution in [2.45, 2.75) is 0 Å². The standard InChI is InChI=1S/C17H9ClO/c18-17-9-5-4-8-15(17)11-13-16(19)12-10-14-6-2-1-3-7-14/h1-9H. The quantitative estimate of drug-likeness (QED) is 0.667. The Hall–Kier alpha value is -2.48. The second-order valence-corrected chi connectivity index (χ2v) is 4.08. The summed E-state index contributed by atoms with van der Waals surface area (Å²) in [7, 11) is 0. The highest BCUT2D eigenvalue weighted by molar-refractivity contribution is 6.31. The molecule has 0 saturated heterocycles. The number of benzene rings is 2. The molecule has 0 aliphatic rings. The predicted octanol–water partition coefficient (Wildman–Crippen LogP) is 3.31. The Kier molecular flexibility index (Phi) is 4.40. The fourth-order valence-corrected chi connectivity index (χ4v) is 1.55. The van der Waals surface area contributed by atoms with Crippen LogP contribution in [0, 0.1) is 23.7 Å². The molecule has 2 heteroatoms. The fraction of sp³-hybridized carbons (Fsp3) is 0. The highest BCUT2D eigenvalue weighted by atomic mass is 35.5. The van der Waals surface area contributed by atoms with E-state index in [0.717, 1.165) is 5.56 Å². The number of Topliss-reactive ketones (excluding diaryl/α,β-unsaturated/α-hetero) is 1. The normalized spacial score (nSPS) is 8.68. The average molecular weight is 265 g/mol. The van der Waals surface area contributed by atoms with E-state index in [9.17, 15) is 4.79 Å². The molecule has 0 N–H and O–H groups in total. The van der Waals surface area contributed by atoms with Crippen molar-refractivity contribution in [3.05, 3.63) is 70.7 Å². The lowest BCUT2D eigenvalue weighted by Gasteiger charge is -1.91. The number of carbonyl (C=O) groups excluding carboxylic acids is 1. The van der Waals surface area contributed by atoms with Crippen LogP contribution in [0.3, 0.4) is 0 Å². The van der Waals surface area contributed by atoms with Crippen molar-refractivity contribution in [2.75, 3.05) is 0 Å². The first-order valence-electron chi connectivity index (χ1n) is 5.63. The third kappa shape index (κ3) is 4.03. The largest absolute Gasteiger partial charge is 0.279 e. The maximum Gasteiger partial charge on any atom is 0.279 e. The van der Waals surface area contributed by atoms with E-state index in [1.54, 1.807) is 12.1 Å². The van der Waals surface area contributed by atoms with Crippen molar-refractivity contribution in [3.8, 4) is 23.7 Å². The van der Waals surface area contributed by atoms with E-state index in [0.29, 0.717) is 10.6 Å². The van der Waals surface area contributed by atoms with Crippen LogP contribution in [0.25, 0.3) is 0 Å². The summed E-state index contributed by atoms with van der Waals surface area (Å²) in [5.74, 6) is 9.99. The molecule has 0 aliphatic carbocycles. The van der Waals surface area contributed by atoms with Gasteiger partial charge in [-0.2, -0.15) is 0 Å². The van der Waals surface area contributed by atoms with Crippen LogP contribution in [0.2, 0.25) is 5.02 Å². The zero-order valence-electron chi connectivity index (χ0n) is 9.98. The van der Waals surface area contributed by atoms with E-state index in [-0.39, 0.29) is 0 Å². The van der Waals surface area contributed by atoms with Gasteiger partial charge in [-0.05, 0) is 36.1 Å². The van der Waals surface area contributed by atoms with E-state index >= 15 is 0 Å². The smallest absolute Gasteiger partial charge is 0.270 e. The van der Waals surface area contributed by atoms with Gasteiger partial charge in [-0.3, -0.25) is 4.79 Å². The molecule has 2 rings (SSSR count). The molecule has 2 aromatic rings. The van der Waals surface area contributed by atoms with Crippen molar-refractivity contribution in [1.29, 1.82) is 0 Å². The number of hydrogen-bond acceptors (Lipinski definition) is 1. The van der Waals surface area contributed by atoms with Gasteiger partial charge in [-0.15, -0.1) is 0 Å². The van der Waals surface area contributed by atoms with Gasteiger partial charge < -0.3 is 0 Å². The van der Waals surface area contributed by atoms with Crippen LogP contribution >= 0.6 is 11.6 Å². The molecule has 0 aliphatic heterocycles. The van der Waals surface area contributed by atoms with E-state index in [1.807, 2.05) is 42.5 Å². The highest BCUT2D eigenvalue weighted by Crippen LogP contribution is 2.12. The van der Waals surface area contributed by atoms with Crippen LogP contribution in [0.1, 0.15) is 11.1 Å². The van der Waals surface area contributed by atoms with Crippen LogP contribution in [-0.2, 0) is 4.79 Å². The first-order valence-corrected chi connectivity index (χ1v) is 6.01. The van der Waals surface area contributed by atoms with E-state index in [2.05, 4.69) is 23.7 Å².